The minimum Gasteiger partial charge on any atom is -0.486 e. The van der Waals surface area contributed by atoms with Crippen LogP contribution in [0.2, 0.25) is 10.0 Å². The van der Waals surface area contributed by atoms with Crippen molar-refractivity contribution in [1.29, 1.82) is 0 Å². The van der Waals surface area contributed by atoms with Gasteiger partial charge < -0.3 is 14.5 Å². The maximum Gasteiger partial charge on any atom is 0.359 e. The van der Waals surface area contributed by atoms with Crippen LogP contribution in [0, 0.1) is 5.41 Å². The Bertz CT molecular complexity index is 1520. The van der Waals surface area contributed by atoms with Gasteiger partial charge in [-0.1, -0.05) is 62.2 Å². The Balaban J connectivity index is 1.98. The van der Waals surface area contributed by atoms with Gasteiger partial charge in [0.1, 0.15) is 12.2 Å². The Morgan fingerprint density at radius 3 is 2.25 bits per heavy atom. The number of aromatic amines is 1. The van der Waals surface area contributed by atoms with E-state index < -0.39 is 11.6 Å². The van der Waals surface area contributed by atoms with Crippen LogP contribution in [0.1, 0.15) is 57.6 Å². The molecular formula is C28H30Cl2N2O4. The minimum atomic E-state index is -0.777. The van der Waals surface area contributed by atoms with Crippen LogP contribution >= 0.6 is 23.2 Å². The minimum absolute atomic E-state index is 0.0515. The van der Waals surface area contributed by atoms with Crippen molar-refractivity contribution in [3.63, 3.8) is 0 Å². The number of carbonyl (C=O) groups is 1. The lowest BCUT2D eigenvalue weighted by Gasteiger charge is -2.27. The summed E-state index contributed by atoms with van der Waals surface area (Å²) >= 11 is 12.7. The molecule has 6 nitrogen and oxygen atoms in total. The van der Waals surface area contributed by atoms with Gasteiger partial charge in [-0.05, 0) is 44.4 Å². The monoisotopic (exact) mass is 528 g/mol. The Morgan fingerprint density at radius 1 is 0.972 bits per heavy atom. The molecule has 4 aromatic rings. The average Bonchev–Trinajstić information content (AvgIpc) is 3.17. The largest absolute Gasteiger partial charge is 0.486 e. The van der Waals surface area contributed by atoms with Crippen molar-refractivity contribution >= 4 is 50.8 Å². The van der Waals surface area contributed by atoms with Crippen LogP contribution in [0.4, 0.5) is 0 Å². The Labute approximate surface area is 220 Å². The maximum atomic E-state index is 13.7. The molecule has 0 saturated carbocycles. The van der Waals surface area contributed by atoms with Crippen LogP contribution in [0.15, 0.2) is 47.4 Å². The van der Waals surface area contributed by atoms with Crippen molar-refractivity contribution in [2.75, 3.05) is 0 Å². The number of fused-ring (bicyclic) bond motifs is 2. The standard InChI is InChI=1S/C28H30Cl2N2O4/c1-27(2,3)15-32-23(26(34)36-28(4,5)6)24(18-11-20(29)21(30)12-19(18)25(32)33)35-14-16-13-31-22-10-8-7-9-17(16)22/h7-13,31H,14-15H2,1-6H3. The molecule has 0 aliphatic heterocycles. The first-order chi connectivity index (χ1) is 16.7. The second-order valence-electron chi connectivity index (χ2n) is 11.1. The third-order valence-electron chi connectivity index (χ3n) is 5.54. The van der Waals surface area contributed by atoms with Gasteiger partial charge in [-0.25, -0.2) is 4.79 Å². The number of esters is 1. The van der Waals surface area contributed by atoms with E-state index in [0.717, 1.165) is 16.5 Å². The summed E-state index contributed by atoms with van der Waals surface area (Å²) in [7, 11) is 0. The zero-order valence-corrected chi connectivity index (χ0v) is 22.8. The normalized spacial score (nSPS) is 12.3. The Hall–Kier alpha value is -2.96. The molecule has 0 radical (unpaired) electrons. The number of para-hydroxylation sites is 1. The van der Waals surface area contributed by atoms with Crippen molar-refractivity contribution in [3.05, 3.63) is 74.3 Å². The summed E-state index contributed by atoms with van der Waals surface area (Å²) in [5.74, 6) is -0.419. The van der Waals surface area contributed by atoms with E-state index in [-0.39, 0.29) is 45.6 Å². The molecule has 0 aliphatic rings. The molecule has 1 N–H and O–H groups in total. The van der Waals surface area contributed by atoms with Gasteiger partial charge in [-0.15, -0.1) is 0 Å². The molecule has 8 heteroatoms. The van der Waals surface area contributed by atoms with Crippen molar-refractivity contribution in [1.82, 2.24) is 9.55 Å². The van der Waals surface area contributed by atoms with Gasteiger partial charge in [0.05, 0.1) is 15.4 Å². The van der Waals surface area contributed by atoms with E-state index in [4.69, 9.17) is 32.7 Å². The highest BCUT2D eigenvalue weighted by Crippen LogP contribution is 2.36. The predicted molar refractivity (Wildman–Crippen MR) is 145 cm³/mol. The maximum absolute atomic E-state index is 13.7. The number of carbonyl (C=O) groups excluding carboxylic acids is 1. The molecule has 0 amide bonds. The van der Waals surface area contributed by atoms with Crippen molar-refractivity contribution in [2.45, 2.75) is 60.3 Å². The van der Waals surface area contributed by atoms with Crippen molar-refractivity contribution < 1.29 is 14.3 Å². The molecule has 0 bridgehead atoms. The van der Waals surface area contributed by atoms with Crippen LogP contribution in [0.25, 0.3) is 21.7 Å². The van der Waals surface area contributed by atoms with E-state index in [0.29, 0.717) is 10.8 Å². The number of nitrogens with one attached hydrogen (secondary N) is 1. The summed E-state index contributed by atoms with van der Waals surface area (Å²) in [4.78, 5) is 30.5. The number of hydrogen-bond donors (Lipinski definition) is 1. The first-order valence-electron chi connectivity index (χ1n) is 11.7. The predicted octanol–water partition coefficient (Wildman–Crippen LogP) is 7.37. The van der Waals surface area contributed by atoms with E-state index >= 15 is 0 Å². The lowest BCUT2D eigenvalue weighted by Crippen LogP contribution is -2.34. The van der Waals surface area contributed by atoms with Crippen LogP contribution in [0.3, 0.4) is 0 Å². The van der Waals surface area contributed by atoms with Gasteiger partial charge in [0.25, 0.3) is 5.56 Å². The molecule has 0 spiro atoms. The van der Waals surface area contributed by atoms with Gasteiger partial charge in [0.2, 0.25) is 0 Å². The molecule has 4 rings (SSSR count). The summed E-state index contributed by atoms with van der Waals surface area (Å²) in [6, 6.07) is 11.0. The zero-order chi connectivity index (χ0) is 26.4. The molecule has 2 aromatic carbocycles. The topological polar surface area (TPSA) is 73.3 Å². The van der Waals surface area contributed by atoms with Crippen molar-refractivity contribution in [2.24, 2.45) is 5.41 Å². The molecule has 36 heavy (non-hydrogen) atoms. The van der Waals surface area contributed by atoms with Crippen LogP contribution in [0.5, 0.6) is 5.75 Å². The highest BCUT2D eigenvalue weighted by atomic mass is 35.5. The Morgan fingerprint density at radius 2 is 1.61 bits per heavy atom. The highest BCUT2D eigenvalue weighted by molar-refractivity contribution is 6.42. The lowest BCUT2D eigenvalue weighted by molar-refractivity contribution is 0.00497. The number of rotatable bonds is 5. The number of ether oxygens (including phenoxy) is 2. The third-order valence-corrected chi connectivity index (χ3v) is 6.26. The van der Waals surface area contributed by atoms with Crippen LogP contribution in [-0.4, -0.2) is 21.1 Å². The summed E-state index contributed by atoms with van der Waals surface area (Å²) in [5, 5.41) is 2.22. The fraction of sp³-hybridized carbons (Fsp3) is 0.357. The van der Waals surface area contributed by atoms with E-state index in [1.165, 1.54) is 10.6 Å². The number of halogens is 2. The van der Waals surface area contributed by atoms with E-state index in [2.05, 4.69) is 4.98 Å². The molecule has 0 saturated heterocycles. The van der Waals surface area contributed by atoms with Gasteiger partial charge in [-0.2, -0.15) is 0 Å². The van der Waals surface area contributed by atoms with Gasteiger partial charge >= 0.3 is 5.97 Å². The van der Waals surface area contributed by atoms with E-state index in [1.54, 1.807) is 26.8 Å². The number of hydrogen-bond acceptors (Lipinski definition) is 4. The summed E-state index contributed by atoms with van der Waals surface area (Å²) in [6.07, 6.45) is 1.87. The first kappa shape index (κ1) is 26.1. The van der Waals surface area contributed by atoms with Crippen molar-refractivity contribution in [3.8, 4) is 5.75 Å². The molecule has 0 atom stereocenters. The van der Waals surface area contributed by atoms with Gasteiger partial charge in [-0.3, -0.25) is 9.36 Å². The molecule has 0 unspecified atom stereocenters. The van der Waals surface area contributed by atoms with Crippen LogP contribution < -0.4 is 10.3 Å². The third kappa shape index (κ3) is 5.40. The van der Waals surface area contributed by atoms with E-state index in [9.17, 15) is 9.59 Å². The highest BCUT2D eigenvalue weighted by Gasteiger charge is 2.30. The number of nitrogens with zero attached hydrogens (tertiary/aromatic N) is 1. The number of H-pyrrole nitrogens is 1. The molecule has 0 fully saturated rings. The summed E-state index contributed by atoms with van der Waals surface area (Å²) < 4.78 is 13.5. The lowest BCUT2D eigenvalue weighted by atomic mass is 9.96. The summed E-state index contributed by atoms with van der Waals surface area (Å²) in [6.45, 7) is 11.7. The molecule has 190 valence electrons. The zero-order valence-electron chi connectivity index (χ0n) is 21.3. The number of pyridine rings is 1. The molecule has 2 heterocycles. The van der Waals surface area contributed by atoms with E-state index in [1.807, 2.05) is 51.2 Å². The number of aromatic nitrogens is 2. The van der Waals surface area contributed by atoms with Gasteiger partial charge in [0, 0.05) is 34.6 Å². The van der Waals surface area contributed by atoms with Gasteiger partial charge in [0.15, 0.2) is 11.4 Å². The average molecular weight is 529 g/mol. The fourth-order valence-corrected chi connectivity index (χ4v) is 4.44. The Kier molecular flexibility index (Phi) is 6.88. The second-order valence-corrected chi connectivity index (χ2v) is 11.9. The first-order valence-corrected chi connectivity index (χ1v) is 12.5. The summed E-state index contributed by atoms with van der Waals surface area (Å²) in [5.41, 5.74) is 0.469. The second kappa shape index (κ2) is 9.49. The molecule has 2 aromatic heterocycles. The quantitative estimate of drug-likeness (QED) is 0.274. The number of benzene rings is 2. The smallest absolute Gasteiger partial charge is 0.359 e. The SMILES string of the molecule is CC(C)(C)Cn1c(C(=O)OC(C)(C)C)c(OCc2c[nH]c3ccccc23)c2cc(Cl)c(Cl)cc2c1=O. The molecule has 0 aliphatic carbocycles. The van der Waals surface area contributed by atoms with Crippen LogP contribution in [-0.2, 0) is 17.9 Å². The fourth-order valence-electron chi connectivity index (χ4n) is 4.11. The molecular weight excluding hydrogens is 499 g/mol.